The molecule has 1 nitrogen and oxygen atoms in total. The maximum atomic E-state index is 13.2. The Morgan fingerprint density at radius 3 is 2.43 bits per heavy atom. The van der Waals surface area contributed by atoms with E-state index in [1.807, 2.05) is 18.2 Å². The minimum Gasteiger partial charge on any atom is -0.497 e. The van der Waals surface area contributed by atoms with E-state index in [2.05, 4.69) is 0 Å². The molecule has 5 heteroatoms. The van der Waals surface area contributed by atoms with Crippen molar-refractivity contribution >= 4 is 17.3 Å². The molecule has 21 heavy (non-hydrogen) atoms. The highest BCUT2D eigenvalue weighted by Gasteiger charge is 2.34. The van der Waals surface area contributed by atoms with E-state index in [4.69, 9.17) is 4.74 Å². The molecule has 0 heterocycles. The Labute approximate surface area is 126 Å². The second kappa shape index (κ2) is 6.89. The van der Waals surface area contributed by atoms with Gasteiger partial charge < -0.3 is 4.74 Å². The number of methoxy groups -OCH3 is 1. The van der Waals surface area contributed by atoms with Crippen LogP contribution in [0, 0.1) is 0 Å². The molecule has 0 amide bonds. The van der Waals surface area contributed by atoms with Gasteiger partial charge >= 0.3 is 6.18 Å². The van der Waals surface area contributed by atoms with Gasteiger partial charge in [-0.3, -0.25) is 0 Å². The van der Waals surface area contributed by atoms with Crippen molar-refractivity contribution in [3.63, 3.8) is 0 Å². The Kier molecular flexibility index (Phi) is 5.17. The smallest absolute Gasteiger partial charge is 0.417 e. The summed E-state index contributed by atoms with van der Waals surface area (Å²) in [6.45, 7) is 0. The van der Waals surface area contributed by atoms with Crippen LogP contribution in [-0.2, 0) is 0 Å². The summed E-state index contributed by atoms with van der Waals surface area (Å²) in [7, 11) is 1.48. The highest BCUT2D eigenvalue weighted by atomic mass is 32.2. The number of alkyl halides is 3. The fraction of sp³-hybridized carbons (Fsp3) is 0.250. The van der Waals surface area contributed by atoms with Gasteiger partial charge in [-0.05, 0) is 35.9 Å². The molecule has 2 rings (SSSR count). The summed E-state index contributed by atoms with van der Waals surface area (Å²) in [5.41, 5.74) is -0.508. The predicted octanol–water partition coefficient (Wildman–Crippen LogP) is 5.57. The highest BCUT2D eigenvalue weighted by Crippen LogP contribution is 2.38. The molecule has 0 atom stereocenters. The van der Waals surface area contributed by atoms with Crippen LogP contribution in [0.1, 0.15) is 18.4 Å². The molecule has 0 saturated heterocycles. The van der Waals surface area contributed by atoms with Crippen molar-refractivity contribution in [3.8, 4) is 5.75 Å². The molecule has 1 aromatic rings. The van der Waals surface area contributed by atoms with Crippen molar-refractivity contribution in [2.75, 3.05) is 7.11 Å². The average Bonchev–Trinajstić information content (AvgIpc) is 2.48. The summed E-state index contributed by atoms with van der Waals surface area (Å²) < 4.78 is 44.5. The fourth-order valence-electron chi connectivity index (χ4n) is 1.87. The van der Waals surface area contributed by atoms with Crippen molar-refractivity contribution in [3.05, 3.63) is 58.4 Å². The second-order valence-electron chi connectivity index (χ2n) is 4.46. The van der Waals surface area contributed by atoms with Crippen LogP contribution >= 0.6 is 11.8 Å². The number of thioether (sulfide) groups is 1. The number of halogens is 3. The van der Waals surface area contributed by atoms with E-state index in [9.17, 15) is 13.2 Å². The van der Waals surface area contributed by atoms with Crippen LogP contribution < -0.4 is 4.74 Å². The first-order valence-electron chi connectivity index (χ1n) is 6.46. The first-order chi connectivity index (χ1) is 10.0. The van der Waals surface area contributed by atoms with Gasteiger partial charge in [0.25, 0.3) is 0 Å². The first-order valence-corrected chi connectivity index (χ1v) is 7.34. The Morgan fingerprint density at radius 2 is 1.90 bits per heavy atom. The van der Waals surface area contributed by atoms with Gasteiger partial charge in [0.1, 0.15) is 5.75 Å². The minimum atomic E-state index is -4.39. The molecule has 0 N–H and O–H groups in total. The van der Waals surface area contributed by atoms with Crippen LogP contribution in [0.25, 0.3) is 5.57 Å². The van der Waals surface area contributed by atoms with Crippen LogP contribution in [0.15, 0.2) is 52.8 Å². The zero-order valence-electron chi connectivity index (χ0n) is 11.5. The summed E-state index contributed by atoms with van der Waals surface area (Å²) in [4.78, 5) is 0.844. The van der Waals surface area contributed by atoms with Crippen molar-refractivity contribution in [2.24, 2.45) is 0 Å². The lowest BCUT2D eigenvalue weighted by molar-refractivity contribution is -0.0687. The van der Waals surface area contributed by atoms with E-state index in [1.165, 1.54) is 36.8 Å². The molecular formula is C16H15F3OS. The molecule has 0 spiro atoms. The van der Waals surface area contributed by atoms with E-state index in [0.717, 1.165) is 29.5 Å². The van der Waals surface area contributed by atoms with Gasteiger partial charge in [0, 0.05) is 4.91 Å². The van der Waals surface area contributed by atoms with E-state index in [0.29, 0.717) is 5.75 Å². The maximum Gasteiger partial charge on any atom is 0.417 e. The summed E-state index contributed by atoms with van der Waals surface area (Å²) in [5, 5.41) is 1.17. The summed E-state index contributed by atoms with van der Waals surface area (Å²) >= 11 is 1.10. The second-order valence-corrected chi connectivity index (χ2v) is 5.40. The molecule has 0 saturated carbocycles. The minimum absolute atomic E-state index is 0.135. The third kappa shape index (κ3) is 4.43. The zero-order valence-corrected chi connectivity index (χ0v) is 12.3. The molecule has 1 aliphatic carbocycles. The standard InChI is InChI=1S/C16H15F3OS/c1-20-13-9-7-12(8-10-13)15(16(17,18)19)11-21-14-5-3-2-4-6-14/h3,5-11H,2,4H2,1H3/b15-11+. The zero-order chi connectivity index (χ0) is 15.3. The number of allylic oxidation sites excluding steroid dienone is 4. The Bertz CT molecular complexity index is 568. The molecule has 0 aliphatic heterocycles. The van der Waals surface area contributed by atoms with E-state index < -0.39 is 11.7 Å². The molecule has 0 aromatic heterocycles. The SMILES string of the molecule is COc1ccc(/C(=C\SC2=CCCC=C2)C(F)(F)F)cc1. The topological polar surface area (TPSA) is 9.23 Å². The van der Waals surface area contributed by atoms with Crippen LogP contribution in [0.2, 0.25) is 0 Å². The molecule has 0 unspecified atom stereocenters. The van der Waals surface area contributed by atoms with Crippen molar-refractivity contribution < 1.29 is 17.9 Å². The summed E-state index contributed by atoms with van der Waals surface area (Å²) in [6.07, 6.45) is 3.20. The van der Waals surface area contributed by atoms with Gasteiger partial charge in [-0.1, -0.05) is 42.1 Å². The number of rotatable bonds is 4. The van der Waals surface area contributed by atoms with Crippen LogP contribution in [-0.4, -0.2) is 13.3 Å². The molecular weight excluding hydrogens is 297 g/mol. The molecule has 112 valence electrons. The van der Waals surface area contributed by atoms with Crippen LogP contribution in [0.4, 0.5) is 13.2 Å². The van der Waals surface area contributed by atoms with Gasteiger partial charge in [-0.25, -0.2) is 0 Å². The number of hydrogen-bond donors (Lipinski definition) is 0. The number of benzene rings is 1. The van der Waals surface area contributed by atoms with Crippen LogP contribution in [0.3, 0.4) is 0 Å². The molecule has 0 radical (unpaired) electrons. The van der Waals surface area contributed by atoms with E-state index in [1.54, 1.807) is 0 Å². The molecule has 1 aromatic carbocycles. The number of ether oxygens (including phenoxy) is 1. The van der Waals surface area contributed by atoms with E-state index >= 15 is 0 Å². The highest BCUT2D eigenvalue weighted by molar-refractivity contribution is 8.06. The van der Waals surface area contributed by atoms with Gasteiger partial charge in [0.15, 0.2) is 0 Å². The van der Waals surface area contributed by atoms with Gasteiger partial charge in [0.2, 0.25) is 0 Å². The monoisotopic (exact) mass is 312 g/mol. The first kappa shape index (κ1) is 15.8. The third-order valence-corrected chi connectivity index (χ3v) is 3.91. The quantitative estimate of drug-likeness (QED) is 0.719. The summed E-state index contributed by atoms with van der Waals surface area (Å²) in [6, 6.07) is 5.90. The maximum absolute atomic E-state index is 13.2. The molecule has 1 aliphatic rings. The largest absolute Gasteiger partial charge is 0.497 e. The lowest BCUT2D eigenvalue weighted by Crippen LogP contribution is -2.10. The Hall–Kier alpha value is -1.62. The molecule has 0 bridgehead atoms. The Morgan fingerprint density at radius 1 is 1.19 bits per heavy atom. The van der Waals surface area contributed by atoms with E-state index in [-0.39, 0.29) is 5.56 Å². The fourth-order valence-corrected chi connectivity index (χ4v) is 2.79. The van der Waals surface area contributed by atoms with Gasteiger partial charge in [-0.15, -0.1) is 0 Å². The van der Waals surface area contributed by atoms with Crippen molar-refractivity contribution in [2.45, 2.75) is 19.0 Å². The van der Waals surface area contributed by atoms with Crippen molar-refractivity contribution in [1.29, 1.82) is 0 Å². The normalized spacial score (nSPS) is 15.8. The molecule has 0 fully saturated rings. The predicted molar refractivity (Wildman–Crippen MR) is 81.1 cm³/mol. The lowest BCUT2D eigenvalue weighted by Gasteiger charge is -2.13. The van der Waals surface area contributed by atoms with Gasteiger partial charge in [0.05, 0.1) is 12.7 Å². The Balaban J connectivity index is 2.25. The van der Waals surface area contributed by atoms with Crippen LogP contribution in [0.5, 0.6) is 5.75 Å². The third-order valence-electron chi connectivity index (χ3n) is 2.98. The summed E-state index contributed by atoms with van der Waals surface area (Å²) in [5.74, 6) is 0.533. The van der Waals surface area contributed by atoms with Crippen molar-refractivity contribution in [1.82, 2.24) is 0 Å². The van der Waals surface area contributed by atoms with Gasteiger partial charge in [-0.2, -0.15) is 13.2 Å². The number of hydrogen-bond acceptors (Lipinski definition) is 2. The lowest BCUT2D eigenvalue weighted by atomic mass is 10.1. The average molecular weight is 312 g/mol.